The van der Waals surface area contributed by atoms with Crippen LogP contribution in [0.25, 0.3) is 0 Å². The first kappa shape index (κ1) is 9.61. The van der Waals surface area contributed by atoms with E-state index in [9.17, 15) is 0 Å². The Kier molecular flexibility index (Phi) is 4.18. The SMILES string of the molecule is C#CCCN(CC)C1CCCC1. The Bertz CT molecular complexity index is 151. The van der Waals surface area contributed by atoms with Crippen molar-refractivity contribution in [2.75, 3.05) is 13.1 Å². The lowest BCUT2D eigenvalue weighted by Gasteiger charge is -2.26. The predicted molar refractivity (Wildman–Crippen MR) is 53.0 cm³/mol. The Balaban J connectivity index is 2.28. The molecule has 1 rings (SSSR count). The van der Waals surface area contributed by atoms with Gasteiger partial charge in [-0.05, 0) is 19.4 Å². The van der Waals surface area contributed by atoms with E-state index in [4.69, 9.17) is 6.42 Å². The van der Waals surface area contributed by atoms with Crippen molar-refractivity contribution in [1.29, 1.82) is 0 Å². The Morgan fingerprint density at radius 2 is 2.08 bits per heavy atom. The van der Waals surface area contributed by atoms with Crippen molar-refractivity contribution in [2.24, 2.45) is 0 Å². The Labute approximate surface area is 76.1 Å². The van der Waals surface area contributed by atoms with Gasteiger partial charge in [-0.25, -0.2) is 0 Å². The van der Waals surface area contributed by atoms with Gasteiger partial charge in [0.15, 0.2) is 0 Å². The van der Waals surface area contributed by atoms with Crippen molar-refractivity contribution >= 4 is 0 Å². The molecule has 1 heteroatoms. The normalized spacial score (nSPS) is 18.4. The van der Waals surface area contributed by atoms with Gasteiger partial charge in [0.25, 0.3) is 0 Å². The van der Waals surface area contributed by atoms with Crippen LogP contribution in [-0.2, 0) is 0 Å². The van der Waals surface area contributed by atoms with Crippen LogP contribution in [0.1, 0.15) is 39.0 Å². The smallest absolute Gasteiger partial charge is 0.0214 e. The molecule has 0 N–H and O–H groups in total. The summed E-state index contributed by atoms with van der Waals surface area (Å²) in [6.45, 7) is 4.48. The second kappa shape index (κ2) is 5.22. The molecule has 0 atom stereocenters. The van der Waals surface area contributed by atoms with Crippen molar-refractivity contribution in [3.63, 3.8) is 0 Å². The second-order valence-electron chi connectivity index (χ2n) is 3.52. The van der Waals surface area contributed by atoms with Gasteiger partial charge in [0.2, 0.25) is 0 Å². The summed E-state index contributed by atoms with van der Waals surface area (Å²) >= 11 is 0. The van der Waals surface area contributed by atoms with Crippen molar-refractivity contribution in [2.45, 2.75) is 45.1 Å². The second-order valence-corrected chi connectivity index (χ2v) is 3.52. The van der Waals surface area contributed by atoms with E-state index < -0.39 is 0 Å². The zero-order valence-corrected chi connectivity index (χ0v) is 8.05. The molecular formula is C11H19N. The third kappa shape index (κ3) is 2.53. The summed E-state index contributed by atoms with van der Waals surface area (Å²) < 4.78 is 0. The molecule has 1 aliphatic carbocycles. The number of terminal acetylenes is 1. The van der Waals surface area contributed by atoms with Crippen molar-refractivity contribution in [3.8, 4) is 12.3 Å². The van der Waals surface area contributed by atoms with Gasteiger partial charge >= 0.3 is 0 Å². The molecule has 1 aliphatic rings. The third-order valence-corrected chi connectivity index (χ3v) is 2.79. The van der Waals surface area contributed by atoms with E-state index >= 15 is 0 Å². The molecule has 0 unspecified atom stereocenters. The molecule has 68 valence electrons. The molecule has 0 amide bonds. The number of hydrogen-bond acceptors (Lipinski definition) is 1. The number of rotatable bonds is 4. The van der Waals surface area contributed by atoms with Gasteiger partial charge in [-0.15, -0.1) is 12.3 Å². The van der Waals surface area contributed by atoms with Gasteiger partial charge in [-0.1, -0.05) is 19.8 Å². The zero-order valence-electron chi connectivity index (χ0n) is 8.05. The van der Waals surface area contributed by atoms with Gasteiger partial charge in [0, 0.05) is 19.0 Å². The lowest BCUT2D eigenvalue weighted by molar-refractivity contribution is 0.214. The van der Waals surface area contributed by atoms with Gasteiger partial charge in [-0.2, -0.15) is 0 Å². The van der Waals surface area contributed by atoms with E-state index in [1.54, 1.807) is 0 Å². The van der Waals surface area contributed by atoms with Gasteiger partial charge in [0.05, 0.1) is 0 Å². The van der Waals surface area contributed by atoms with E-state index in [0.29, 0.717) is 0 Å². The first-order valence-electron chi connectivity index (χ1n) is 5.06. The molecule has 0 aromatic carbocycles. The van der Waals surface area contributed by atoms with Crippen LogP contribution in [0, 0.1) is 12.3 Å². The Hall–Kier alpha value is -0.480. The highest BCUT2D eigenvalue weighted by atomic mass is 15.1. The fraction of sp³-hybridized carbons (Fsp3) is 0.818. The van der Waals surface area contributed by atoms with Crippen LogP contribution in [0.4, 0.5) is 0 Å². The molecule has 0 bridgehead atoms. The maximum atomic E-state index is 5.25. The molecular weight excluding hydrogens is 146 g/mol. The first-order chi connectivity index (χ1) is 5.88. The maximum absolute atomic E-state index is 5.25. The average molecular weight is 165 g/mol. The lowest BCUT2D eigenvalue weighted by atomic mass is 10.2. The molecule has 0 heterocycles. The fourth-order valence-electron chi connectivity index (χ4n) is 2.08. The van der Waals surface area contributed by atoms with Crippen molar-refractivity contribution in [3.05, 3.63) is 0 Å². The van der Waals surface area contributed by atoms with Gasteiger partial charge in [-0.3, -0.25) is 4.90 Å². The van der Waals surface area contributed by atoms with Crippen molar-refractivity contribution < 1.29 is 0 Å². The van der Waals surface area contributed by atoms with Gasteiger partial charge < -0.3 is 0 Å². The molecule has 1 fully saturated rings. The van der Waals surface area contributed by atoms with Crippen LogP contribution >= 0.6 is 0 Å². The Morgan fingerprint density at radius 1 is 1.42 bits per heavy atom. The topological polar surface area (TPSA) is 3.24 Å². The minimum Gasteiger partial charge on any atom is -0.300 e. The van der Waals surface area contributed by atoms with Crippen molar-refractivity contribution in [1.82, 2.24) is 4.90 Å². The van der Waals surface area contributed by atoms with Crippen LogP contribution in [0.2, 0.25) is 0 Å². The maximum Gasteiger partial charge on any atom is 0.0214 e. The molecule has 0 aliphatic heterocycles. The highest BCUT2D eigenvalue weighted by Crippen LogP contribution is 2.23. The number of hydrogen-bond donors (Lipinski definition) is 0. The average Bonchev–Trinajstić information content (AvgIpc) is 2.59. The van der Waals surface area contributed by atoms with E-state index in [0.717, 1.165) is 25.6 Å². The standard InChI is InChI=1S/C11H19N/c1-3-5-10-12(4-2)11-8-6-7-9-11/h1,11H,4-10H2,2H3. The molecule has 1 nitrogen and oxygen atoms in total. The van der Waals surface area contributed by atoms with Crippen LogP contribution in [0.3, 0.4) is 0 Å². The van der Waals surface area contributed by atoms with E-state index in [2.05, 4.69) is 17.7 Å². The summed E-state index contributed by atoms with van der Waals surface area (Å²) in [5, 5.41) is 0. The molecule has 0 aromatic rings. The quantitative estimate of drug-likeness (QED) is 0.578. The molecule has 1 saturated carbocycles. The zero-order chi connectivity index (χ0) is 8.81. The molecule has 12 heavy (non-hydrogen) atoms. The number of nitrogens with zero attached hydrogens (tertiary/aromatic N) is 1. The Morgan fingerprint density at radius 3 is 2.58 bits per heavy atom. The van der Waals surface area contributed by atoms with Crippen LogP contribution in [-0.4, -0.2) is 24.0 Å². The third-order valence-electron chi connectivity index (χ3n) is 2.79. The van der Waals surface area contributed by atoms with Crippen LogP contribution in [0.5, 0.6) is 0 Å². The van der Waals surface area contributed by atoms with Crippen LogP contribution in [0.15, 0.2) is 0 Å². The highest BCUT2D eigenvalue weighted by molar-refractivity contribution is 4.86. The van der Waals surface area contributed by atoms with Gasteiger partial charge in [0.1, 0.15) is 0 Å². The summed E-state index contributed by atoms with van der Waals surface area (Å²) in [4.78, 5) is 2.53. The predicted octanol–water partition coefficient (Wildman–Crippen LogP) is 2.27. The summed E-state index contributed by atoms with van der Waals surface area (Å²) in [5.74, 6) is 2.71. The van der Waals surface area contributed by atoms with E-state index in [1.807, 2.05) is 0 Å². The fourth-order valence-corrected chi connectivity index (χ4v) is 2.08. The lowest BCUT2D eigenvalue weighted by Crippen LogP contribution is -2.33. The summed E-state index contributed by atoms with van der Waals surface area (Å²) in [7, 11) is 0. The minimum absolute atomic E-state index is 0.836. The molecule has 0 saturated heterocycles. The molecule has 0 aromatic heterocycles. The van der Waals surface area contributed by atoms with E-state index in [1.165, 1.54) is 25.7 Å². The molecule has 0 spiro atoms. The van der Waals surface area contributed by atoms with E-state index in [-0.39, 0.29) is 0 Å². The summed E-state index contributed by atoms with van der Waals surface area (Å²) in [6, 6.07) is 0.836. The molecule has 0 radical (unpaired) electrons. The minimum atomic E-state index is 0.836. The first-order valence-corrected chi connectivity index (χ1v) is 5.06. The highest BCUT2D eigenvalue weighted by Gasteiger charge is 2.20. The summed E-state index contributed by atoms with van der Waals surface area (Å²) in [6.07, 6.45) is 11.8. The van der Waals surface area contributed by atoms with Crippen LogP contribution < -0.4 is 0 Å². The monoisotopic (exact) mass is 165 g/mol. The summed E-state index contributed by atoms with van der Waals surface area (Å²) in [5.41, 5.74) is 0. The largest absolute Gasteiger partial charge is 0.300 e.